The van der Waals surface area contributed by atoms with Crippen molar-refractivity contribution < 1.29 is 23.6 Å². The number of anilines is 1. The van der Waals surface area contributed by atoms with Gasteiger partial charge in [0, 0.05) is 24.8 Å². The van der Waals surface area contributed by atoms with Crippen molar-refractivity contribution in [2.75, 3.05) is 4.90 Å². The summed E-state index contributed by atoms with van der Waals surface area (Å²) in [5.41, 5.74) is -1.20. The van der Waals surface area contributed by atoms with Crippen LogP contribution in [0.15, 0.2) is 35.3 Å². The lowest BCUT2D eigenvalue weighted by atomic mass is 10.1. The van der Waals surface area contributed by atoms with E-state index in [0.29, 0.717) is 24.0 Å². The smallest absolute Gasteiger partial charge is 0.341 e. The van der Waals surface area contributed by atoms with Crippen molar-refractivity contribution in [3.63, 3.8) is 0 Å². The Morgan fingerprint density at radius 2 is 1.97 bits per heavy atom. The number of aromatic carboxylic acids is 1. The van der Waals surface area contributed by atoms with Crippen LogP contribution in [0.5, 0.6) is 0 Å². The largest absolute Gasteiger partial charge is 0.477 e. The molecule has 8 nitrogen and oxygen atoms in total. The minimum atomic E-state index is -1.46. The first-order valence-electron chi connectivity index (χ1n) is 9.58. The molecule has 1 aliphatic carbocycles. The van der Waals surface area contributed by atoms with Gasteiger partial charge in [0.15, 0.2) is 5.82 Å². The second-order valence-corrected chi connectivity index (χ2v) is 7.76. The van der Waals surface area contributed by atoms with E-state index < -0.39 is 39.2 Å². The van der Waals surface area contributed by atoms with E-state index in [1.165, 1.54) is 21.6 Å². The SMILES string of the molecule is O=C(O)c1cn(C2CC2)c2c(F)c(N3Cc4cccc([N+](=O)[O-])c4C3)c(F)cc2c1=O. The molecule has 0 atom stereocenters. The molecule has 1 saturated carbocycles. The number of rotatable bonds is 4. The molecule has 0 saturated heterocycles. The normalized spacial score (nSPS) is 15.4. The van der Waals surface area contributed by atoms with E-state index in [2.05, 4.69) is 0 Å². The van der Waals surface area contributed by atoms with E-state index in [0.717, 1.165) is 12.3 Å². The number of hydrogen-bond donors (Lipinski definition) is 1. The molecule has 5 rings (SSSR count). The maximum absolute atomic E-state index is 15.7. The molecule has 0 amide bonds. The second-order valence-electron chi connectivity index (χ2n) is 7.76. The van der Waals surface area contributed by atoms with Crippen LogP contribution in [-0.4, -0.2) is 20.6 Å². The summed E-state index contributed by atoms with van der Waals surface area (Å²) in [5, 5.41) is 20.3. The number of pyridine rings is 1. The second kappa shape index (κ2) is 6.59. The fraction of sp³-hybridized carbons (Fsp3) is 0.238. The van der Waals surface area contributed by atoms with Crippen molar-refractivity contribution in [3.8, 4) is 0 Å². The van der Waals surface area contributed by atoms with Crippen molar-refractivity contribution >= 4 is 28.2 Å². The van der Waals surface area contributed by atoms with E-state index >= 15 is 8.78 Å². The lowest BCUT2D eigenvalue weighted by Gasteiger charge is -2.22. The van der Waals surface area contributed by atoms with Gasteiger partial charge < -0.3 is 14.6 Å². The van der Waals surface area contributed by atoms with Crippen LogP contribution in [0.25, 0.3) is 10.9 Å². The fourth-order valence-corrected chi connectivity index (χ4v) is 4.25. The summed E-state index contributed by atoms with van der Waals surface area (Å²) in [6, 6.07) is 5.21. The minimum Gasteiger partial charge on any atom is -0.477 e. The Bertz CT molecular complexity index is 1360. The topological polar surface area (TPSA) is 106 Å². The van der Waals surface area contributed by atoms with Gasteiger partial charge >= 0.3 is 5.97 Å². The van der Waals surface area contributed by atoms with Crippen molar-refractivity contribution in [2.24, 2.45) is 0 Å². The average Bonchev–Trinajstić information content (AvgIpc) is 3.46. The number of nitro groups is 1. The number of fused-ring (bicyclic) bond motifs is 2. The summed E-state index contributed by atoms with van der Waals surface area (Å²) >= 11 is 0. The highest BCUT2D eigenvalue weighted by atomic mass is 19.1. The minimum absolute atomic E-state index is 0.0628. The van der Waals surface area contributed by atoms with Gasteiger partial charge in [0.2, 0.25) is 5.43 Å². The molecule has 2 aromatic carbocycles. The molecular formula is C21H15F2N3O5. The standard InChI is InChI=1S/C21H15F2N3O5/c22-15-6-12-18(25(11-4-5-11)9-14(20(12)27)21(28)29)17(23)19(15)24-7-10-2-1-3-16(26(30)31)13(10)8-24/h1-3,6,9,11H,4-5,7-8H2,(H,28,29). The van der Waals surface area contributed by atoms with E-state index in [1.807, 2.05) is 0 Å². The number of benzene rings is 2. The van der Waals surface area contributed by atoms with Crippen molar-refractivity contribution in [1.29, 1.82) is 0 Å². The highest BCUT2D eigenvalue weighted by molar-refractivity contribution is 5.94. The summed E-state index contributed by atoms with van der Waals surface area (Å²) < 4.78 is 32.2. The van der Waals surface area contributed by atoms with Gasteiger partial charge in [-0.25, -0.2) is 13.6 Å². The number of carbonyl (C=O) groups is 1. The van der Waals surface area contributed by atoms with Crippen LogP contribution in [0.4, 0.5) is 20.2 Å². The van der Waals surface area contributed by atoms with E-state index in [4.69, 9.17) is 0 Å². The first-order chi connectivity index (χ1) is 14.8. The number of halogens is 2. The van der Waals surface area contributed by atoms with Gasteiger partial charge in [0.25, 0.3) is 5.69 Å². The first-order valence-corrected chi connectivity index (χ1v) is 9.58. The highest BCUT2D eigenvalue weighted by Crippen LogP contribution is 2.41. The Kier molecular flexibility index (Phi) is 4.07. The number of nitrogens with zero attached hydrogens (tertiary/aromatic N) is 3. The molecular weight excluding hydrogens is 412 g/mol. The fourth-order valence-electron chi connectivity index (χ4n) is 4.25. The maximum atomic E-state index is 15.7. The van der Waals surface area contributed by atoms with Crippen LogP contribution in [0.3, 0.4) is 0 Å². The van der Waals surface area contributed by atoms with Crippen molar-refractivity contribution in [3.05, 3.63) is 79.1 Å². The number of nitro benzene ring substituents is 1. The van der Waals surface area contributed by atoms with Gasteiger partial charge in [0.05, 0.1) is 27.9 Å². The third-order valence-electron chi connectivity index (χ3n) is 5.83. The molecule has 1 N–H and O–H groups in total. The monoisotopic (exact) mass is 427 g/mol. The van der Waals surface area contributed by atoms with Crippen LogP contribution in [0.1, 0.15) is 40.4 Å². The van der Waals surface area contributed by atoms with Crippen LogP contribution in [-0.2, 0) is 13.1 Å². The summed E-state index contributed by atoms with van der Waals surface area (Å²) in [4.78, 5) is 36.2. The van der Waals surface area contributed by atoms with Crippen molar-refractivity contribution in [1.82, 2.24) is 4.57 Å². The summed E-state index contributed by atoms with van der Waals surface area (Å²) in [7, 11) is 0. The third-order valence-corrected chi connectivity index (χ3v) is 5.83. The van der Waals surface area contributed by atoms with Crippen LogP contribution < -0.4 is 10.3 Å². The molecule has 10 heteroatoms. The number of carboxylic acids is 1. The predicted molar refractivity (Wildman–Crippen MR) is 106 cm³/mol. The molecule has 2 heterocycles. The highest BCUT2D eigenvalue weighted by Gasteiger charge is 2.34. The number of carboxylic acid groups (broad SMARTS) is 1. The van der Waals surface area contributed by atoms with Gasteiger partial charge in [0.1, 0.15) is 17.1 Å². The van der Waals surface area contributed by atoms with Crippen LogP contribution >= 0.6 is 0 Å². The zero-order chi connectivity index (χ0) is 22.0. The lowest BCUT2D eigenvalue weighted by molar-refractivity contribution is -0.385. The molecule has 1 fully saturated rings. The molecule has 0 unspecified atom stereocenters. The zero-order valence-corrected chi connectivity index (χ0v) is 16.0. The van der Waals surface area contributed by atoms with Gasteiger partial charge in [-0.2, -0.15) is 0 Å². The molecule has 31 heavy (non-hydrogen) atoms. The summed E-state index contributed by atoms with van der Waals surface area (Å²) in [6.07, 6.45) is 2.48. The predicted octanol–water partition coefficient (Wildman–Crippen LogP) is 3.74. The van der Waals surface area contributed by atoms with E-state index in [1.54, 1.807) is 6.07 Å². The molecule has 3 aromatic rings. The Morgan fingerprint density at radius 3 is 2.61 bits per heavy atom. The quantitative estimate of drug-likeness (QED) is 0.502. The third kappa shape index (κ3) is 2.86. The van der Waals surface area contributed by atoms with Crippen molar-refractivity contribution in [2.45, 2.75) is 32.0 Å². The van der Waals surface area contributed by atoms with Gasteiger partial charge in [-0.05, 0) is 24.5 Å². The average molecular weight is 427 g/mol. The number of aromatic nitrogens is 1. The Hall–Kier alpha value is -3.82. The lowest BCUT2D eigenvalue weighted by Crippen LogP contribution is -2.23. The Morgan fingerprint density at radius 1 is 1.23 bits per heavy atom. The summed E-state index contributed by atoms with van der Waals surface area (Å²) in [5.74, 6) is -3.47. The molecule has 0 spiro atoms. The molecule has 2 aliphatic rings. The maximum Gasteiger partial charge on any atom is 0.341 e. The molecule has 1 aliphatic heterocycles. The zero-order valence-electron chi connectivity index (χ0n) is 16.0. The summed E-state index contributed by atoms with van der Waals surface area (Å²) in [6.45, 7) is 0.00390. The molecule has 1 aromatic heterocycles. The van der Waals surface area contributed by atoms with E-state index in [-0.39, 0.29) is 35.7 Å². The van der Waals surface area contributed by atoms with Gasteiger partial charge in [-0.15, -0.1) is 0 Å². The molecule has 158 valence electrons. The van der Waals surface area contributed by atoms with Gasteiger partial charge in [-0.3, -0.25) is 14.9 Å². The molecule has 0 bridgehead atoms. The number of hydrogen-bond acceptors (Lipinski definition) is 5. The van der Waals surface area contributed by atoms with Gasteiger partial charge in [-0.1, -0.05) is 12.1 Å². The van der Waals surface area contributed by atoms with E-state index in [9.17, 15) is 24.8 Å². The van der Waals surface area contributed by atoms with Crippen LogP contribution in [0, 0.1) is 21.7 Å². The van der Waals surface area contributed by atoms with Crippen LogP contribution in [0.2, 0.25) is 0 Å². The molecule has 0 radical (unpaired) electrons. The first kappa shape index (κ1) is 19.2. The Labute approximate surface area is 173 Å². The Balaban J connectivity index is 1.71.